The van der Waals surface area contributed by atoms with Gasteiger partial charge in [-0.3, -0.25) is 0 Å². The van der Waals surface area contributed by atoms with E-state index in [0.29, 0.717) is 11.4 Å². The SMILES string of the molecule is Cc1cc(C(C)C)nc(S(=O)(=O)CCS(=O)(=O)Cl)n1. The van der Waals surface area contributed by atoms with Crippen molar-refractivity contribution < 1.29 is 16.8 Å². The number of hydrogen-bond donors (Lipinski definition) is 0. The molecule has 0 fully saturated rings. The smallest absolute Gasteiger partial charge is 0.224 e. The summed E-state index contributed by atoms with van der Waals surface area (Å²) in [6.07, 6.45) is 0. The molecule has 19 heavy (non-hydrogen) atoms. The maximum atomic E-state index is 12.0. The van der Waals surface area contributed by atoms with Crippen molar-refractivity contribution in [1.82, 2.24) is 9.97 Å². The second-order valence-corrected chi connectivity index (χ2v) is 9.33. The first kappa shape index (κ1) is 16.3. The average molecular weight is 327 g/mol. The lowest BCUT2D eigenvalue weighted by Crippen LogP contribution is -2.18. The van der Waals surface area contributed by atoms with Gasteiger partial charge in [0.1, 0.15) is 0 Å². The zero-order valence-corrected chi connectivity index (χ0v) is 13.2. The van der Waals surface area contributed by atoms with Crippen LogP contribution in [0.25, 0.3) is 0 Å². The molecule has 0 saturated heterocycles. The van der Waals surface area contributed by atoms with Crippen LogP contribution in [0.3, 0.4) is 0 Å². The van der Waals surface area contributed by atoms with Gasteiger partial charge in [0.2, 0.25) is 24.0 Å². The van der Waals surface area contributed by atoms with E-state index in [4.69, 9.17) is 10.7 Å². The van der Waals surface area contributed by atoms with Crippen LogP contribution in [0.2, 0.25) is 0 Å². The standard InChI is InChI=1S/C10H15ClN2O4S2/c1-7(2)9-6-8(3)12-10(13-9)18(14,15)4-5-19(11,16)17/h6-7H,4-5H2,1-3H3. The molecule has 0 radical (unpaired) electrons. The molecule has 0 bridgehead atoms. The van der Waals surface area contributed by atoms with Crippen LogP contribution in [0.1, 0.15) is 31.2 Å². The van der Waals surface area contributed by atoms with Gasteiger partial charge in [0, 0.05) is 22.1 Å². The molecule has 1 aromatic heterocycles. The molecule has 0 aliphatic heterocycles. The zero-order valence-electron chi connectivity index (χ0n) is 10.8. The minimum absolute atomic E-state index is 0.0485. The molecule has 1 aromatic rings. The Morgan fingerprint density at radius 2 is 1.74 bits per heavy atom. The van der Waals surface area contributed by atoms with Gasteiger partial charge in [-0.15, -0.1) is 0 Å². The molecule has 0 aliphatic carbocycles. The Hall–Kier alpha value is -0.730. The first-order valence-corrected chi connectivity index (χ1v) is 9.65. The topological polar surface area (TPSA) is 94.1 Å². The molecule has 108 valence electrons. The van der Waals surface area contributed by atoms with Gasteiger partial charge in [0.05, 0.1) is 11.5 Å². The van der Waals surface area contributed by atoms with E-state index in [1.165, 1.54) is 0 Å². The Labute approximate surface area is 117 Å². The summed E-state index contributed by atoms with van der Waals surface area (Å²) in [4.78, 5) is 7.82. The van der Waals surface area contributed by atoms with Gasteiger partial charge in [-0.05, 0) is 18.9 Å². The lowest BCUT2D eigenvalue weighted by atomic mass is 10.1. The largest absolute Gasteiger partial charge is 0.247 e. The van der Waals surface area contributed by atoms with Gasteiger partial charge in [-0.1, -0.05) is 13.8 Å². The van der Waals surface area contributed by atoms with Crippen LogP contribution in [-0.2, 0) is 18.9 Å². The summed E-state index contributed by atoms with van der Waals surface area (Å²) in [6, 6.07) is 1.70. The van der Waals surface area contributed by atoms with Crippen molar-refractivity contribution >= 4 is 29.6 Å². The van der Waals surface area contributed by atoms with Gasteiger partial charge in [0.25, 0.3) is 0 Å². The Morgan fingerprint density at radius 1 is 1.16 bits per heavy atom. The van der Waals surface area contributed by atoms with E-state index >= 15 is 0 Å². The van der Waals surface area contributed by atoms with Gasteiger partial charge >= 0.3 is 0 Å². The lowest BCUT2D eigenvalue weighted by Gasteiger charge is -2.08. The van der Waals surface area contributed by atoms with Crippen LogP contribution >= 0.6 is 10.7 Å². The minimum atomic E-state index is -3.86. The first-order chi connectivity index (χ1) is 8.51. The number of aryl methyl sites for hydroxylation is 1. The van der Waals surface area contributed by atoms with Crippen LogP contribution < -0.4 is 0 Å². The highest BCUT2D eigenvalue weighted by Crippen LogP contribution is 2.16. The van der Waals surface area contributed by atoms with Crippen LogP contribution in [0.4, 0.5) is 0 Å². The summed E-state index contributed by atoms with van der Waals surface area (Å²) in [6.45, 7) is 5.41. The summed E-state index contributed by atoms with van der Waals surface area (Å²) in [7, 11) is -2.72. The number of aromatic nitrogens is 2. The van der Waals surface area contributed by atoms with Crippen LogP contribution in [0.5, 0.6) is 0 Å². The summed E-state index contributed by atoms with van der Waals surface area (Å²) < 4.78 is 45.5. The van der Waals surface area contributed by atoms with Crippen LogP contribution in [-0.4, -0.2) is 38.3 Å². The molecule has 0 spiro atoms. The minimum Gasteiger partial charge on any atom is -0.224 e. The highest BCUT2D eigenvalue weighted by atomic mass is 35.7. The molecule has 0 aliphatic rings. The van der Waals surface area contributed by atoms with Crippen molar-refractivity contribution in [1.29, 1.82) is 0 Å². The van der Waals surface area contributed by atoms with Crippen molar-refractivity contribution in [2.24, 2.45) is 0 Å². The molecule has 0 saturated carbocycles. The van der Waals surface area contributed by atoms with E-state index in [-0.39, 0.29) is 11.1 Å². The fraction of sp³-hybridized carbons (Fsp3) is 0.600. The number of sulfone groups is 1. The predicted octanol–water partition coefficient (Wildman–Crippen LogP) is 1.25. The molecule has 0 unspecified atom stereocenters. The fourth-order valence-electron chi connectivity index (χ4n) is 1.30. The van der Waals surface area contributed by atoms with E-state index < -0.39 is 30.4 Å². The normalized spacial score (nSPS) is 12.9. The molecule has 1 rings (SSSR count). The number of halogens is 1. The van der Waals surface area contributed by atoms with E-state index in [2.05, 4.69) is 9.97 Å². The second-order valence-electron chi connectivity index (χ2n) is 4.43. The monoisotopic (exact) mass is 326 g/mol. The quantitative estimate of drug-likeness (QED) is 0.597. The lowest BCUT2D eigenvalue weighted by molar-refractivity contribution is 0.582. The summed E-state index contributed by atoms with van der Waals surface area (Å²) >= 11 is 0. The molecular weight excluding hydrogens is 312 g/mol. The van der Waals surface area contributed by atoms with Crippen molar-refractivity contribution in [2.75, 3.05) is 11.5 Å². The van der Waals surface area contributed by atoms with Crippen molar-refractivity contribution in [2.45, 2.75) is 31.8 Å². The summed E-state index contributed by atoms with van der Waals surface area (Å²) in [5.41, 5.74) is 1.12. The average Bonchev–Trinajstić information content (AvgIpc) is 2.25. The van der Waals surface area contributed by atoms with E-state index in [1.54, 1.807) is 13.0 Å². The van der Waals surface area contributed by atoms with Crippen LogP contribution in [0, 0.1) is 6.92 Å². The maximum absolute atomic E-state index is 12.0. The van der Waals surface area contributed by atoms with E-state index in [9.17, 15) is 16.8 Å². The molecule has 6 nitrogen and oxygen atoms in total. The molecule has 1 heterocycles. The van der Waals surface area contributed by atoms with Crippen molar-refractivity contribution in [3.05, 3.63) is 17.5 Å². The maximum Gasteiger partial charge on any atom is 0.247 e. The molecule has 0 aromatic carbocycles. The van der Waals surface area contributed by atoms with Gasteiger partial charge in [0.15, 0.2) is 0 Å². The molecular formula is C10H15ClN2O4S2. The molecule has 0 atom stereocenters. The number of rotatable bonds is 5. The third-order valence-electron chi connectivity index (χ3n) is 2.32. The third kappa shape index (κ3) is 5.04. The number of hydrogen-bond acceptors (Lipinski definition) is 6. The summed E-state index contributed by atoms with van der Waals surface area (Å²) in [5, 5.41) is -0.350. The predicted molar refractivity (Wildman–Crippen MR) is 72.6 cm³/mol. The Kier molecular flexibility index (Phi) is 4.91. The zero-order chi connectivity index (χ0) is 14.8. The summed E-state index contributed by atoms with van der Waals surface area (Å²) in [5.74, 6) is -1.24. The van der Waals surface area contributed by atoms with E-state index in [0.717, 1.165) is 0 Å². The molecule has 0 amide bonds. The van der Waals surface area contributed by atoms with Gasteiger partial charge in [-0.25, -0.2) is 26.8 Å². The fourth-order valence-corrected chi connectivity index (χ4v) is 4.25. The van der Waals surface area contributed by atoms with Gasteiger partial charge in [-0.2, -0.15) is 0 Å². The molecule has 0 N–H and O–H groups in total. The highest BCUT2D eigenvalue weighted by Gasteiger charge is 2.22. The van der Waals surface area contributed by atoms with E-state index in [1.807, 2.05) is 13.8 Å². The third-order valence-corrected chi connectivity index (χ3v) is 5.21. The Balaban J connectivity index is 3.14. The van der Waals surface area contributed by atoms with Gasteiger partial charge < -0.3 is 0 Å². The Bertz CT molecular complexity index is 669. The Morgan fingerprint density at radius 3 is 2.21 bits per heavy atom. The first-order valence-electron chi connectivity index (χ1n) is 5.52. The second kappa shape index (κ2) is 5.72. The van der Waals surface area contributed by atoms with Crippen LogP contribution in [0.15, 0.2) is 11.2 Å². The van der Waals surface area contributed by atoms with Crippen molar-refractivity contribution in [3.63, 3.8) is 0 Å². The van der Waals surface area contributed by atoms with Crippen molar-refractivity contribution in [3.8, 4) is 0 Å². The highest BCUT2D eigenvalue weighted by molar-refractivity contribution is 8.14. The molecule has 9 heteroatoms. The number of nitrogens with zero attached hydrogens (tertiary/aromatic N) is 2.